The van der Waals surface area contributed by atoms with Crippen LogP contribution in [0.25, 0.3) is 0 Å². The molecule has 4 heteroatoms. The topological polar surface area (TPSA) is 46.0 Å². The molecule has 10 heavy (non-hydrogen) atoms. The molecular formula is C6H7FN2O. The molecule has 0 aliphatic heterocycles. The number of aromatic nitrogens is 2. The van der Waals surface area contributed by atoms with Crippen molar-refractivity contribution in [3.8, 4) is 0 Å². The van der Waals surface area contributed by atoms with E-state index in [1.54, 1.807) is 0 Å². The lowest BCUT2D eigenvalue weighted by atomic mass is 10.3. The summed E-state index contributed by atoms with van der Waals surface area (Å²) in [5.74, 6) is -0.523. The van der Waals surface area contributed by atoms with Gasteiger partial charge in [0.2, 0.25) is 0 Å². The van der Waals surface area contributed by atoms with Gasteiger partial charge in [-0.25, -0.2) is 14.4 Å². The maximum atomic E-state index is 12.7. The normalized spacial score (nSPS) is 9.90. The van der Waals surface area contributed by atoms with Crippen LogP contribution < -0.4 is 0 Å². The van der Waals surface area contributed by atoms with Gasteiger partial charge in [0.1, 0.15) is 12.0 Å². The molecule has 0 unspecified atom stereocenters. The number of nitrogens with zero attached hydrogens (tertiary/aromatic N) is 2. The third kappa shape index (κ3) is 1.11. The van der Waals surface area contributed by atoms with E-state index in [4.69, 9.17) is 5.11 Å². The van der Waals surface area contributed by atoms with Gasteiger partial charge in [-0.3, -0.25) is 0 Å². The lowest BCUT2D eigenvalue weighted by molar-refractivity contribution is 0.269. The molecule has 0 aliphatic rings. The fourth-order valence-corrected chi connectivity index (χ4v) is 0.618. The van der Waals surface area contributed by atoms with Crippen LogP contribution in [0.2, 0.25) is 0 Å². The molecule has 0 bridgehead atoms. The van der Waals surface area contributed by atoms with Crippen molar-refractivity contribution in [2.24, 2.45) is 0 Å². The molecule has 1 heterocycles. The number of halogens is 1. The van der Waals surface area contributed by atoms with E-state index in [1.165, 1.54) is 13.3 Å². The molecule has 0 radical (unpaired) electrons. The molecule has 0 amide bonds. The Balaban J connectivity index is 3.14. The van der Waals surface area contributed by atoms with Crippen molar-refractivity contribution in [3.05, 3.63) is 23.5 Å². The van der Waals surface area contributed by atoms with E-state index in [0.29, 0.717) is 0 Å². The monoisotopic (exact) mass is 142 g/mol. The van der Waals surface area contributed by atoms with Crippen LogP contribution in [-0.4, -0.2) is 15.1 Å². The van der Waals surface area contributed by atoms with E-state index >= 15 is 0 Å². The van der Waals surface area contributed by atoms with Gasteiger partial charge in [-0.2, -0.15) is 0 Å². The van der Waals surface area contributed by atoms with Crippen LogP contribution in [0.1, 0.15) is 11.4 Å². The zero-order valence-corrected chi connectivity index (χ0v) is 5.50. The van der Waals surface area contributed by atoms with Gasteiger partial charge in [0.25, 0.3) is 0 Å². The molecule has 54 valence electrons. The summed E-state index contributed by atoms with van der Waals surface area (Å²) in [4.78, 5) is 7.11. The number of hydrogen-bond donors (Lipinski definition) is 1. The van der Waals surface area contributed by atoms with Crippen molar-refractivity contribution < 1.29 is 9.50 Å². The quantitative estimate of drug-likeness (QED) is 0.618. The number of aryl methyl sites for hydroxylation is 1. The van der Waals surface area contributed by atoms with Crippen molar-refractivity contribution in [1.82, 2.24) is 9.97 Å². The van der Waals surface area contributed by atoms with Crippen LogP contribution in [-0.2, 0) is 6.61 Å². The van der Waals surface area contributed by atoms with Crippen LogP contribution in [0.5, 0.6) is 0 Å². The van der Waals surface area contributed by atoms with E-state index < -0.39 is 5.82 Å². The summed E-state index contributed by atoms with van der Waals surface area (Å²) < 4.78 is 12.7. The highest BCUT2D eigenvalue weighted by Gasteiger charge is 2.04. The summed E-state index contributed by atoms with van der Waals surface area (Å²) >= 11 is 0. The smallest absolute Gasteiger partial charge is 0.168 e. The Morgan fingerprint density at radius 3 is 2.80 bits per heavy atom. The fraction of sp³-hybridized carbons (Fsp3) is 0.333. The Labute approximate surface area is 57.6 Å². The molecule has 1 aromatic heterocycles. The highest BCUT2D eigenvalue weighted by atomic mass is 19.1. The summed E-state index contributed by atoms with van der Waals surface area (Å²) in [6, 6.07) is 0. The Hall–Kier alpha value is -1.03. The van der Waals surface area contributed by atoms with Crippen LogP contribution in [0, 0.1) is 12.7 Å². The van der Waals surface area contributed by atoms with Gasteiger partial charge in [0, 0.05) is 0 Å². The van der Waals surface area contributed by atoms with E-state index in [2.05, 4.69) is 9.97 Å². The zero-order chi connectivity index (χ0) is 7.56. The molecule has 1 aromatic rings. The molecule has 0 saturated carbocycles. The van der Waals surface area contributed by atoms with Crippen LogP contribution in [0.3, 0.4) is 0 Å². The first-order chi connectivity index (χ1) is 4.75. The third-order valence-corrected chi connectivity index (χ3v) is 1.19. The summed E-state index contributed by atoms with van der Waals surface area (Å²) in [6.07, 6.45) is 1.23. The Morgan fingerprint density at radius 1 is 1.60 bits per heavy atom. The minimum atomic E-state index is -0.523. The van der Waals surface area contributed by atoms with E-state index in [9.17, 15) is 4.39 Å². The third-order valence-electron chi connectivity index (χ3n) is 1.19. The number of aliphatic hydroxyl groups excluding tert-OH is 1. The Morgan fingerprint density at radius 2 is 2.30 bits per heavy atom. The molecule has 3 nitrogen and oxygen atoms in total. The predicted octanol–water partition coefficient (Wildman–Crippen LogP) is 0.416. The number of aliphatic hydroxyl groups is 1. The highest BCUT2D eigenvalue weighted by molar-refractivity contribution is 5.08. The van der Waals surface area contributed by atoms with Gasteiger partial charge >= 0.3 is 0 Å². The summed E-state index contributed by atoms with van der Waals surface area (Å²) in [7, 11) is 0. The molecule has 0 spiro atoms. The number of rotatable bonds is 1. The van der Waals surface area contributed by atoms with Crippen molar-refractivity contribution in [3.63, 3.8) is 0 Å². The van der Waals surface area contributed by atoms with Crippen LogP contribution >= 0.6 is 0 Å². The molecule has 0 saturated heterocycles. The van der Waals surface area contributed by atoms with Gasteiger partial charge in [0.05, 0.1) is 12.3 Å². The molecule has 1 rings (SSSR count). The summed E-state index contributed by atoms with van der Waals surface area (Å²) in [5, 5.41) is 8.51. The second-order valence-electron chi connectivity index (χ2n) is 1.88. The standard InChI is InChI=1S/C6H7FN2O/c1-4-6(7)5(2-10)9-3-8-4/h3,10H,2H2,1H3. The second kappa shape index (κ2) is 2.70. The zero-order valence-electron chi connectivity index (χ0n) is 5.50. The molecule has 1 N–H and O–H groups in total. The minimum Gasteiger partial charge on any atom is -0.390 e. The maximum absolute atomic E-state index is 12.7. The lowest BCUT2D eigenvalue weighted by Gasteiger charge is -1.97. The average Bonchev–Trinajstić information content (AvgIpc) is 1.95. The molecule has 0 aliphatic carbocycles. The van der Waals surface area contributed by atoms with Gasteiger partial charge < -0.3 is 5.11 Å². The largest absolute Gasteiger partial charge is 0.390 e. The first-order valence-corrected chi connectivity index (χ1v) is 2.82. The van der Waals surface area contributed by atoms with Crippen molar-refractivity contribution in [2.75, 3.05) is 0 Å². The van der Waals surface area contributed by atoms with Crippen LogP contribution in [0.4, 0.5) is 4.39 Å². The summed E-state index contributed by atoms with van der Waals surface area (Å²) in [5.41, 5.74) is 0.312. The molecule has 0 fully saturated rings. The molecule has 0 aromatic carbocycles. The Bertz CT molecular complexity index is 239. The van der Waals surface area contributed by atoms with Crippen molar-refractivity contribution in [2.45, 2.75) is 13.5 Å². The van der Waals surface area contributed by atoms with Gasteiger partial charge in [0.15, 0.2) is 5.82 Å². The van der Waals surface area contributed by atoms with Gasteiger partial charge in [-0.1, -0.05) is 0 Å². The van der Waals surface area contributed by atoms with Crippen molar-refractivity contribution in [1.29, 1.82) is 0 Å². The van der Waals surface area contributed by atoms with Gasteiger partial charge in [-0.05, 0) is 6.92 Å². The molecule has 0 atom stereocenters. The minimum absolute atomic E-state index is 0.0486. The van der Waals surface area contributed by atoms with Gasteiger partial charge in [-0.15, -0.1) is 0 Å². The Kier molecular flexibility index (Phi) is 1.91. The first kappa shape index (κ1) is 7.08. The first-order valence-electron chi connectivity index (χ1n) is 2.82. The average molecular weight is 142 g/mol. The predicted molar refractivity (Wildman–Crippen MR) is 32.6 cm³/mol. The van der Waals surface area contributed by atoms with E-state index in [0.717, 1.165) is 0 Å². The van der Waals surface area contributed by atoms with Crippen LogP contribution in [0.15, 0.2) is 6.33 Å². The maximum Gasteiger partial charge on any atom is 0.168 e. The molecular weight excluding hydrogens is 135 g/mol. The van der Waals surface area contributed by atoms with E-state index in [1.807, 2.05) is 0 Å². The SMILES string of the molecule is Cc1ncnc(CO)c1F. The summed E-state index contributed by atoms with van der Waals surface area (Å²) in [6.45, 7) is 1.14. The lowest BCUT2D eigenvalue weighted by Crippen LogP contribution is -1.98. The number of hydrogen-bond acceptors (Lipinski definition) is 3. The van der Waals surface area contributed by atoms with Crippen molar-refractivity contribution >= 4 is 0 Å². The van der Waals surface area contributed by atoms with E-state index in [-0.39, 0.29) is 18.0 Å². The highest BCUT2D eigenvalue weighted by Crippen LogP contribution is 2.04. The fourth-order valence-electron chi connectivity index (χ4n) is 0.618. The second-order valence-corrected chi connectivity index (χ2v) is 1.88.